The van der Waals surface area contributed by atoms with E-state index in [0.717, 1.165) is 12.1 Å². The second-order valence-electron chi connectivity index (χ2n) is 5.86. The van der Waals surface area contributed by atoms with Crippen LogP contribution in [0.4, 0.5) is 8.78 Å². The Bertz CT molecular complexity index is 989. The van der Waals surface area contributed by atoms with Gasteiger partial charge in [-0.15, -0.1) is 0 Å². The molecule has 4 nitrogen and oxygen atoms in total. The summed E-state index contributed by atoms with van der Waals surface area (Å²) in [5.41, 5.74) is 0.781. The third kappa shape index (κ3) is 4.11. The molecule has 1 aromatic heterocycles. The van der Waals surface area contributed by atoms with Gasteiger partial charge in [0.2, 0.25) is 0 Å². The predicted octanol–water partition coefficient (Wildman–Crippen LogP) is 4.71. The maximum Gasteiger partial charge on any atom is 0.337 e. The van der Waals surface area contributed by atoms with Gasteiger partial charge in [-0.25, -0.2) is 13.6 Å². The van der Waals surface area contributed by atoms with Crippen molar-refractivity contribution in [3.63, 3.8) is 0 Å². The first kappa shape index (κ1) is 18.5. The lowest BCUT2D eigenvalue weighted by atomic mass is 9.99. The van der Waals surface area contributed by atoms with Crippen molar-refractivity contribution in [3.05, 3.63) is 83.2 Å². The van der Waals surface area contributed by atoms with E-state index in [2.05, 4.69) is 4.98 Å². The maximum absolute atomic E-state index is 14.7. The number of aromatic nitrogens is 1. The standard InChI is InChI=1S/C21H17F2NO3/c1-2-27-15-6-3-5-13(9-15)17-12-18(22)14(10-19(17)23)11-20-16(21(25)26)7-4-8-24-20/h3-10,12H,2,11H2,1H3,(H,25,26). The van der Waals surface area contributed by atoms with Crippen molar-refractivity contribution in [1.82, 2.24) is 4.98 Å². The highest BCUT2D eigenvalue weighted by Gasteiger charge is 2.16. The van der Waals surface area contributed by atoms with Crippen LogP contribution >= 0.6 is 0 Å². The van der Waals surface area contributed by atoms with Crippen LogP contribution in [0.3, 0.4) is 0 Å². The molecule has 3 aromatic rings. The van der Waals surface area contributed by atoms with Crippen molar-refractivity contribution in [2.75, 3.05) is 6.61 Å². The molecule has 0 bridgehead atoms. The highest BCUT2D eigenvalue weighted by molar-refractivity contribution is 5.88. The molecule has 0 unspecified atom stereocenters. The second kappa shape index (κ2) is 7.95. The van der Waals surface area contributed by atoms with Crippen molar-refractivity contribution < 1.29 is 23.4 Å². The van der Waals surface area contributed by atoms with Crippen molar-refractivity contribution in [2.45, 2.75) is 13.3 Å². The number of carboxylic acids is 1. The fourth-order valence-electron chi connectivity index (χ4n) is 2.82. The monoisotopic (exact) mass is 369 g/mol. The van der Waals surface area contributed by atoms with Gasteiger partial charge in [0.25, 0.3) is 0 Å². The number of carboxylic acid groups (broad SMARTS) is 1. The largest absolute Gasteiger partial charge is 0.494 e. The van der Waals surface area contributed by atoms with E-state index in [4.69, 9.17) is 4.74 Å². The summed E-state index contributed by atoms with van der Waals surface area (Å²) in [6, 6.07) is 11.8. The van der Waals surface area contributed by atoms with Crippen LogP contribution in [-0.4, -0.2) is 22.7 Å². The van der Waals surface area contributed by atoms with Gasteiger partial charge in [-0.2, -0.15) is 0 Å². The van der Waals surface area contributed by atoms with Crippen LogP contribution in [-0.2, 0) is 6.42 Å². The first-order valence-corrected chi connectivity index (χ1v) is 8.38. The molecule has 0 amide bonds. The van der Waals surface area contributed by atoms with Crippen LogP contribution in [0.5, 0.6) is 5.75 Å². The van der Waals surface area contributed by atoms with E-state index in [1.807, 2.05) is 6.92 Å². The summed E-state index contributed by atoms with van der Waals surface area (Å²) in [5.74, 6) is -1.83. The summed E-state index contributed by atoms with van der Waals surface area (Å²) in [6.07, 6.45) is 1.30. The van der Waals surface area contributed by atoms with Gasteiger partial charge >= 0.3 is 5.97 Å². The molecule has 0 saturated carbocycles. The molecule has 1 N–H and O–H groups in total. The molecule has 0 fully saturated rings. The quantitative estimate of drug-likeness (QED) is 0.683. The van der Waals surface area contributed by atoms with E-state index in [9.17, 15) is 18.7 Å². The Hall–Kier alpha value is -3.28. The van der Waals surface area contributed by atoms with Crippen molar-refractivity contribution in [3.8, 4) is 16.9 Å². The lowest BCUT2D eigenvalue weighted by molar-refractivity contribution is 0.0695. The van der Waals surface area contributed by atoms with Crippen LogP contribution in [0.2, 0.25) is 0 Å². The average molecular weight is 369 g/mol. The molecule has 2 aromatic carbocycles. The first-order chi connectivity index (χ1) is 13.0. The van der Waals surface area contributed by atoms with Crippen LogP contribution in [0.15, 0.2) is 54.7 Å². The fraction of sp³-hybridized carbons (Fsp3) is 0.143. The number of hydrogen-bond acceptors (Lipinski definition) is 3. The molecule has 138 valence electrons. The van der Waals surface area contributed by atoms with Crippen molar-refractivity contribution in [2.24, 2.45) is 0 Å². The number of benzene rings is 2. The van der Waals surface area contributed by atoms with Gasteiger partial charge in [-0.05, 0) is 54.4 Å². The third-order valence-corrected chi connectivity index (χ3v) is 4.07. The highest BCUT2D eigenvalue weighted by atomic mass is 19.1. The number of rotatable bonds is 6. The number of hydrogen-bond donors (Lipinski definition) is 1. The van der Waals surface area contributed by atoms with Crippen LogP contribution in [0.1, 0.15) is 28.5 Å². The minimum absolute atomic E-state index is 0.0363. The molecule has 27 heavy (non-hydrogen) atoms. The number of halogens is 2. The highest BCUT2D eigenvalue weighted by Crippen LogP contribution is 2.29. The average Bonchev–Trinajstić information content (AvgIpc) is 2.65. The number of carbonyl (C=O) groups is 1. The molecule has 1 heterocycles. The summed E-state index contributed by atoms with van der Waals surface area (Å²) in [7, 11) is 0. The van der Waals surface area contributed by atoms with Crippen molar-refractivity contribution >= 4 is 5.97 Å². The summed E-state index contributed by atoms with van der Waals surface area (Å²) in [4.78, 5) is 15.3. The van der Waals surface area contributed by atoms with E-state index in [1.165, 1.54) is 18.3 Å². The van der Waals surface area contributed by atoms with Gasteiger partial charge in [0.15, 0.2) is 0 Å². The molecular weight excluding hydrogens is 352 g/mol. The lowest BCUT2D eigenvalue weighted by Gasteiger charge is -2.11. The third-order valence-electron chi connectivity index (χ3n) is 4.07. The first-order valence-electron chi connectivity index (χ1n) is 8.38. The smallest absolute Gasteiger partial charge is 0.337 e. The van der Waals surface area contributed by atoms with Gasteiger partial charge in [-0.3, -0.25) is 4.98 Å². The Morgan fingerprint density at radius 3 is 2.67 bits per heavy atom. The summed E-state index contributed by atoms with van der Waals surface area (Å²) in [5, 5.41) is 9.21. The molecule has 0 aliphatic rings. The Balaban J connectivity index is 1.97. The summed E-state index contributed by atoms with van der Waals surface area (Å²) in [6.45, 7) is 2.31. The number of pyridine rings is 1. The minimum Gasteiger partial charge on any atom is -0.494 e. The van der Waals surface area contributed by atoms with Gasteiger partial charge < -0.3 is 9.84 Å². The van der Waals surface area contributed by atoms with E-state index in [-0.39, 0.29) is 28.8 Å². The summed E-state index contributed by atoms with van der Waals surface area (Å²) >= 11 is 0. The predicted molar refractivity (Wildman–Crippen MR) is 97.0 cm³/mol. The molecule has 3 rings (SSSR count). The van der Waals surface area contributed by atoms with E-state index < -0.39 is 17.6 Å². The number of nitrogens with zero attached hydrogens (tertiary/aromatic N) is 1. The zero-order chi connectivity index (χ0) is 19.4. The summed E-state index contributed by atoms with van der Waals surface area (Å²) < 4.78 is 34.7. The Labute approximate surface area is 155 Å². The topological polar surface area (TPSA) is 59.4 Å². The van der Waals surface area contributed by atoms with Crippen LogP contribution in [0, 0.1) is 11.6 Å². The molecule has 0 atom stereocenters. The Morgan fingerprint density at radius 1 is 1.11 bits per heavy atom. The zero-order valence-electron chi connectivity index (χ0n) is 14.6. The van der Waals surface area contributed by atoms with Gasteiger partial charge in [0.05, 0.1) is 17.9 Å². The van der Waals surface area contributed by atoms with Crippen LogP contribution < -0.4 is 4.74 Å². The lowest BCUT2D eigenvalue weighted by Crippen LogP contribution is -2.06. The zero-order valence-corrected chi connectivity index (χ0v) is 14.6. The Morgan fingerprint density at radius 2 is 1.93 bits per heavy atom. The SMILES string of the molecule is CCOc1cccc(-c2cc(F)c(Cc3ncccc3C(=O)O)cc2F)c1. The van der Waals surface area contributed by atoms with Gasteiger partial charge in [0, 0.05) is 18.2 Å². The molecular formula is C21H17F2NO3. The molecule has 0 aliphatic heterocycles. The molecule has 0 spiro atoms. The molecule has 0 aliphatic carbocycles. The number of aromatic carboxylic acids is 1. The molecule has 0 saturated heterocycles. The number of ether oxygens (including phenoxy) is 1. The maximum atomic E-state index is 14.7. The molecule has 0 radical (unpaired) electrons. The Kier molecular flexibility index (Phi) is 5.45. The van der Waals surface area contributed by atoms with Crippen molar-refractivity contribution in [1.29, 1.82) is 0 Å². The van der Waals surface area contributed by atoms with E-state index in [1.54, 1.807) is 24.3 Å². The van der Waals surface area contributed by atoms with Crippen LogP contribution in [0.25, 0.3) is 11.1 Å². The molecule has 6 heteroatoms. The minimum atomic E-state index is -1.16. The van der Waals surface area contributed by atoms with Gasteiger partial charge in [-0.1, -0.05) is 12.1 Å². The fourth-order valence-corrected chi connectivity index (χ4v) is 2.82. The second-order valence-corrected chi connectivity index (χ2v) is 5.86. The normalized spacial score (nSPS) is 10.6. The van der Waals surface area contributed by atoms with Gasteiger partial charge in [0.1, 0.15) is 17.4 Å². The van der Waals surface area contributed by atoms with E-state index in [0.29, 0.717) is 17.9 Å². The van der Waals surface area contributed by atoms with E-state index >= 15 is 0 Å².